The van der Waals surface area contributed by atoms with Gasteiger partial charge in [0.25, 0.3) is 5.91 Å². The number of nitrogens with zero attached hydrogens (tertiary/aromatic N) is 4. The van der Waals surface area contributed by atoms with Crippen molar-refractivity contribution in [2.24, 2.45) is 0 Å². The minimum Gasteiger partial charge on any atom is -0.293 e. The van der Waals surface area contributed by atoms with Crippen LogP contribution in [0.5, 0.6) is 0 Å². The van der Waals surface area contributed by atoms with Gasteiger partial charge in [0.05, 0.1) is 15.5 Å². The third-order valence-electron chi connectivity index (χ3n) is 5.93. The maximum atomic E-state index is 13.5. The van der Waals surface area contributed by atoms with Crippen LogP contribution in [0.2, 0.25) is 0 Å². The number of amides is 1. The first-order valence-corrected chi connectivity index (χ1v) is 15.0. The summed E-state index contributed by atoms with van der Waals surface area (Å²) in [5, 5.41) is 4.81. The molecule has 0 N–H and O–H groups in total. The number of carbonyl (C=O) groups excluding carboxylic acids is 1. The minimum atomic E-state index is -3.66. The van der Waals surface area contributed by atoms with Crippen LogP contribution in [-0.2, 0) is 14.8 Å². The molecule has 1 aromatic heterocycles. The molecule has 4 rings (SSSR count). The fourth-order valence-corrected chi connectivity index (χ4v) is 7.19. The molecule has 2 heterocycles. The summed E-state index contributed by atoms with van der Waals surface area (Å²) >= 11 is 6.64. The van der Waals surface area contributed by atoms with Gasteiger partial charge in [-0.1, -0.05) is 68.2 Å². The van der Waals surface area contributed by atoms with Crippen molar-refractivity contribution in [1.29, 1.82) is 0 Å². The number of likely N-dealkylation sites (N-methyl/N-ethyl adjacent to an activating group) is 1. The van der Waals surface area contributed by atoms with E-state index in [1.807, 2.05) is 63.4 Å². The van der Waals surface area contributed by atoms with Gasteiger partial charge >= 0.3 is 0 Å². The van der Waals surface area contributed by atoms with E-state index in [1.165, 1.54) is 16.1 Å². The molecular weight excluding hydrogens is 525 g/mol. The molecule has 10 heteroatoms. The zero-order chi connectivity index (χ0) is 26.6. The van der Waals surface area contributed by atoms with Crippen molar-refractivity contribution in [3.05, 3.63) is 71.3 Å². The molecule has 3 aromatic rings. The second-order valence-corrected chi connectivity index (χ2v) is 12.2. The molecule has 0 bridgehead atoms. The second kappa shape index (κ2) is 11.7. The summed E-state index contributed by atoms with van der Waals surface area (Å²) in [6.45, 7) is 7.26. The van der Waals surface area contributed by atoms with Gasteiger partial charge in [0.1, 0.15) is 10.0 Å². The van der Waals surface area contributed by atoms with Crippen LogP contribution in [-0.4, -0.2) is 57.3 Å². The van der Waals surface area contributed by atoms with Gasteiger partial charge in [0.15, 0.2) is 0 Å². The summed E-state index contributed by atoms with van der Waals surface area (Å²) < 4.78 is 30.7. The molecule has 1 fully saturated rings. The highest BCUT2D eigenvalue weighted by molar-refractivity contribution is 8.26. The van der Waals surface area contributed by atoms with Gasteiger partial charge in [-0.25, -0.2) is 13.1 Å². The summed E-state index contributed by atoms with van der Waals surface area (Å²) in [5.41, 5.74) is 2.79. The zero-order valence-electron chi connectivity index (χ0n) is 21.1. The Morgan fingerprint density at radius 3 is 2.35 bits per heavy atom. The standard InChI is InChI=1S/C27H30N4O3S3/c1-4-15-29(16-5-2)37(33,34)23-14-10-11-20(17-23)25-21(18-24-26(32)30(6-3)27(35)36-24)19-31(28-25)22-12-8-7-9-13-22/h7-14,17-19H,4-6,15-16H2,1-3H3. The van der Waals surface area contributed by atoms with E-state index in [1.54, 1.807) is 33.9 Å². The molecule has 0 atom stereocenters. The maximum Gasteiger partial charge on any atom is 0.266 e. The Balaban J connectivity index is 1.82. The second-order valence-electron chi connectivity index (χ2n) is 8.57. The Hall–Kier alpha value is -2.79. The molecule has 37 heavy (non-hydrogen) atoms. The fourth-order valence-electron chi connectivity index (χ4n) is 4.15. The Bertz CT molecular complexity index is 1430. The molecule has 1 aliphatic heterocycles. The van der Waals surface area contributed by atoms with Crippen molar-refractivity contribution in [1.82, 2.24) is 19.0 Å². The van der Waals surface area contributed by atoms with E-state index in [4.69, 9.17) is 17.3 Å². The Morgan fingerprint density at radius 1 is 1.03 bits per heavy atom. The predicted molar refractivity (Wildman–Crippen MR) is 154 cm³/mol. The van der Waals surface area contributed by atoms with Gasteiger partial charge in [0.2, 0.25) is 10.0 Å². The lowest BCUT2D eigenvalue weighted by molar-refractivity contribution is -0.121. The van der Waals surface area contributed by atoms with Crippen molar-refractivity contribution in [3.63, 3.8) is 0 Å². The first kappa shape index (κ1) is 27.3. The van der Waals surface area contributed by atoms with Crippen LogP contribution >= 0.6 is 24.0 Å². The maximum absolute atomic E-state index is 13.5. The van der Waals surface area contributed by atoms with E-state index >= 15 is 0 Å². The minimum absolute atomic E-state index is 0.137. The predicted octanol–water partition coefficient (Wildman–Crippen LogP) is 5.57. The number of para-hydroxylation sites is 1. The van der Waals surface area contributed by atoms with Gasteiger partial charge in [-0.05, 0) is 50.1 Å². The molecule has 1 amide bonds. The van der Waals surface area contributed by atoms with Gasteiger partial charge in [0, 0.05) is 37.0 Å². The van der Waals surface area contributed by atoms with E-state index in [-0.39, 0.29) is 10.8 Å². The number of rotatable bonds is 10. The highest BCUT2D eigenvalue weighted by Crippen LogP contribution is 2.35. The van der Waals surface area contributed by atoms with Crippen LogP contribution in [0.3, 0.4) is 0 Å². The Kier molecular flexibility index (Phi) is 8.63. The lowest BCUT2D eigenvalue weighted by Crippen LogP contribution is -2.32. The van der Waals surface area contributed by atoms with Crippen molar-refractivity contribution in [2.45, 2.75) is 38.5 Å². The lowest BCUT2D eigenvalue weighted by atomic mass is 10.1. The SMILES string of the molecule is CCCN(CCC)S(=O)(=O)c1cccc(-c2nn(-c3ccccc3)cc2C=C2SC(=S)N(CC)C2=O)c1. The molecular formula is C27H30N4O3S3. The van der Waals surface area contributed by atoms with Crippen LogP contribution in [0.15, 0.2) is 70.6 Å². The summed E-state index contributed by atoms with van der Waals surface area (Å²) in [4.78, 5) is 15.2. The molecule has 194 valence electrons. The van der Waals surface area contributed by atoms with E-state index in [0.717, 1.165) is 18.5 Å². The highest BCUT2D eigenvalue weighted by atomic mass is 32.2. The molecule has 7 nitrogen and oxygen atoms in total. The number of hydrogen-bond acceptors (Lipinski definition) is 6. The first-order chi connectivity index (χ1) is 17.8. The zero-order valence-corrected chi connectivity index (χ0v) is 23.6. The molecule has 0 radical (unpaired) electrons. The van der Waals surface area contributed by atoms with E-state index in [0.29, 0.717) is 45.7 Å². The molecule has 0 spiro atoms. The number of carbonyl (C=O) groups is 1. The van der Waals surface area contributed by atoms with Crippen LogP contribution in [0.25, 0.3) is 23.0 Å². The summed E-state index contributed by atoms with van der Waals surface area (Å²) in [7, 11) is -3.66. The fraction of sp³-hybridized carbons (Fsp3) is 0.296. The van der Waals surface area contributed by atoms with Crippen LogP contribution in [0.1, 0.15) is 39.2 Å². The third-order valence-corrected chi connectivity index (χ3v) is 9.20. The average molecular weight is 555 g/mol. The largest absolute Gasteiger partial charge is 0.293 e. The molecule has 1 aliphatic rings. The van der Waals surface area contributed by atoms with Gasteiger partial charge in [-0.2, -0.15) is 9.40 Å². The van der Waals surface area contributed by atoms with E-state index < -0.39 is 10.0 Å². The smallest absolute Gasteiger partial charge is 0.266 e. The van der Waals surface area contributed by atoms with Gasteiger partial charge in [-0.3, -0.25) is 9.69 Å². The summed E-state index contributed by atoms with van der Waals surface area (Å²) in [5.74, 6) is -0.137. The van der Waals surface area contributed by atoms with Crippen molar-refractivity contribution in [3.8, 4) is 16.9 Å². The number of benzene rings is 2. The topological polar surface area (TPSA) is 75.5 Å². The average Bonchev–Trinajstić information content (AvgIpc) is 3.44. The highest BCUT2D eigenvalue weighted by Gasteiger charge is 2.31. The van der Waals surface area contributed by atoms with Crippen LogP contribution < -0.4 is 0 Å². The van der Waals surface area contributed by atoms with E-state index in [2.05, 4.69) is 0 Å². The van der Waals surface area contributed by atoms with Crippen molar-refractivity contribution < 1.29 is 13.2 Å². The Labute approximate surface area is 228 Å². The molecule has 1 saturated heterocycles. The Morgan fingerprint density at radius 2 is 1.73 bits per heavy atom. The summed E-state index contributed by atoms with van der Waals surface area (Å²) in [6, 6.07) is 16.5. The number of thiocarbonyl (C=S) groups is 1. The van der Waals surface area contributed by atoms with Gasteiger partial charge < -0.3 is 0 Å². The molecule has 0 aliphatic carbocycles. The quantitative estimate of drug-likeness (QED) is 0.241. The van der Waals surface area contributed by atoms with Crippen molar-refractivity contribution >= 4 is 50.3 Å². The van der Waals surface area contributed by atoms with Crippen LogP contribution in [0.4, 0.5) is 0 Å². The number of thioether (sulfide) groups is 1. The van der Waals surface area contributed by atoms with Gasteiger partial charge in [-0.15, -0.1) is 0 Å². The lowest BCUT2D eigenvalue weighted by Gasteiger charge is -2.21. The molecule has 0 saturated carbocycles. The first-order valence-electron chi connectivity index (χ1n) is 12.3. The summed E-state index contributed by atoms with van der Waals surface area (Å²) in [6.07, 6.45) is 5.12. The normalized spacial score (nSPS) is 15.4. The number of aromatic nitrogens is 2. The number of hydrogen-bond donors (Lipinski definition) is 0. The molecule has 2 aromatic carbocycles. The van der Waals surface area contributed by atoms with Crippen molar-refractivity contribution in [2.75, 3.05) is 19.6 Å². The van der Waals surface area contributed by atoms with Crippen LogP contribution in [0, 0.1) is 0 Å². The molecule has 0 unspecified atom stereocenters. The monoisotopic (exact) mass is 554 g/mol. The number of sulfonamides is 1. The van der Waals surface area contributed by atoms with E-state index in [9.17, 15) is 13.2 Å². The third kappa shape index (κ3) is 5.72.